The van der Waals surface area contributed by atoms with Crippen LogP contribution in [-0.4, -0.2) is 9.86 Å². The van der Waals surface area contributed by atoms with Gasteiger partial charge in [0.2, 0.25) is 0 Å². The number of nitrogens with zero attached hydrogens (tertiary/aromatic N) is 1. The number of carbonyl (C=O) groups is 1. The second kappa shape index (κ2) is 4.64. The molecular formula is C14H8ClNO2S. The topological polar surface area (TPSA) is 39.1 Å². The zero-order valence-corrected chi connectivity index (χ0v) is 11.2. The van der Waals surface area contributed by atoms with E-state index < -0.39 is 0 Å². The summed E-state index contributed by atoms with van der Waals surface area (Å²) >= 11 is 6.71. The van der Waals surface area contributed by atoms with Gasteiger partial charge < -0.3 is 0 Å². The summed E-state index contributed by atoms with van der Waals surface area (Å²) in [5, 5.41) is 1.14. The second-order valence-corrected chi connectivity index (χ2v) is 5.36. The van der Waals surface area contributed by atoms with E-state index in [9.17, 15) is 9.59 Å². The maximum absolute atomic E-state index is 12.4. The monoisotopic (exact) mass is 289 g/mol. The van der Waals surface area contributed by atoms with Gasteiger partial charge in [0.1, 0.15) is 0 Å². The van der Waals surface area contributed by atoms with Gasteiger partial charge >= 0.3 is 0 Å². The quantitative estimate of drug-likeness (QED) is 0.689. The van der Waals surface area contributed by atoms with Gasteiger partial charge in [0.15, 0.2) is 0 Å². The summed E-state index contributed by atoms with van der Waals surface area (Å²) in [6.45, 7) is 0. The predicted octanol–water partition coefficient (Wildman–Crippen LogP) is 3.40. The number of carbonyl (C=O) groups excluding carboxylic acids is 1. The summed E-state index contributed by atoms with van der Waals surface area (Å²) < 4.78 is 1.30. The molecule has 0 atom stereocenters. The van der Waals surface area contributed by atoms with Gasteiger partial charge in [-0.2, -0.15) is 0 Å². The van der Waals surface area contributed by atoms with Gasteiger partial charge in [-0.15, -0.1) is 0 Å². The number of rotatable bonds is 1. The average Bonchev–Trinajstić information content (AvgIpc) is 2.77. The van der Waals surface area contributed by atoms with Crippen LogP contribution in [0.2, 0.25) is 5.02 Å². The highest BCUT2D eigenvalue weighted by Gasteiger charge is 2.14. The van der Waals surface area contributed by atoms with Gasteiger partial charge in [0.05, 0.1) is 10.9 Å². The molecule has 0 saturated carbocycles. The van der Waals surface area contributed by atoms with Gasteiger partial charge in [-0.1, -0.05) is 23.7 Å². The normalized spacial score (nSPS) is 10.8. The highest BCUT2D eigenvalue weighted by molar-refractivity contribution is 7.06. The fourth-order valence-corrected chi connectivity index (χ4v) is 2.87. The Bertz CT molecular complexity index is 817. The van der Waals surface area contributed by atoms with Crippen molar-refractivity contribution in [1.82, 2.24) is 3.96 Å². The van der Waals surface area contributed by atoms with E-state index in [1.807, 2.05) is 0 Å². The first-order valence-electron chi connectivity index (χ1n) is 5.58. The molecule has 1 aromatic heterocycles. The van der Waals surface area contributed by atoms with E-state index in [1.54, 1.807) is 48.5 Å². The van der Waals surface area contributed by atoms with E-state index in [4.69, 9.17) is 11.6 Å². The lowest BCUT2D eigenvalue weighted by atomic mass is 10.2. The number of aromatic nitrogens is 1. The molecule has 0 amide bonds. The molecule has 0 aliphatic heterocycles. The van der Waals surface area contributed by atoms with E-state index in [0.29, 0.717) is 21.5 Å². The third-order valence-electron chi connectivity index (χ3n) is 2.79. The highest BCUT2D eigenvalue weighted by atomic mass is 35.5. The van der Waals surface area contributed by atoms with Crippen molar-refractivity contribution in [2.75, 3.05) is 0 Å². The SMILES string of the molecule is O=C(c1ccc(Cl)cc1)n1sc(=O)c2ccccc21. The van der Waals surface area contributed by atoms with E-state index in [0.717, 1.165) is 11.5 Å². The number of benzene rings is 2. The summed E-state index contributed by atoms with van der Waals surface area (Å²) in [5.41, 5.74) is 1.14. The van der Waals surface area contributed by atoms with Crippen LogP contribution >= 0.6 is 23.1 Å². The molecular weight excluding hydrogens is 282 g/mol. The van der Waals surface area contributed by atoms with Gasteiger partial charge in [0.25, 0.3) is 10.6 Å². The Kier molecular flexibility index (Phi) is 2.97. The van der Waals surface area contributed by atoms with Crippen LogP contribution in [0.1, 0.15) is 10.4 Å². The molecule has 0 saturated heterocycles. The minimum absolute atomic E-state index is 0.113. The summed E-state index contributed by atoms with van der Waals surface area (Å²) in [6.07, 6.45) is 0. The lowest BCUT2D eigenvalue weighted by molar-refractivity contribution is 0.0975. The van der Waals surface area contributed by atoms with E-state index >= 15 is 0 Å². The number of hydrogen-bond acceptors (Lipinski definition) is 3. The number of halogens is 1. The van der Waals surface area contributed by atoms with Crippen molar-refractivity contribution in [1.29, 1.82) is 0 Å². The van der Waals surface area contributed by atoms with Crippen LogP contribution in [0.15, 0.2) is 53.3 Å². The summed E-state index contributed by atoms with van der Waals surface area (Å²) in [5.74, 6) is -0.222. The molecule has 5 heteroatoms. The van der Waals surface area contributed by atoms with Crippen LogP contribution in [-0.2, 0) is 0 Å². The highest BCUT2D eigenvalue weighted by Crippen LogP contribution is 2.17. The molecule has 94 valence electrons. The molecule has 0 aliphatic carbocycles. The molecule has 0 unspecified atom stereocenters. The van der Waals surface area contributed by atoms with Crippen molar-refractivity contribution in [3.05, 3.63) is 68.7 Å². The Morgan fingerprint density at radius 2 is 1.74 bits per heavy atom. The Hall–Kier alpha value is -1.91. The van der Waals surface area contributed by atoms with E-state index in [2.05, 4.69) is 0 Å². The van der Waals surface area contributed by atoms with Gasteiger partial charge in [-0.05, 0) is 47.9 Å². The molecule has 1 heterocycles. The van der Waals surface area contributed by atoms with Crippen LogP contribution in [0, 0.1) is 0 Å². The molecule has 3 nitrogen and oxygen atoms in total. The van der Waals surface area contributed by atoms with Crippen LogP contribution in [0.4, 0.5) is 0 Å². The minimum atomic E-state index is -0.222. The first kappa shape index (κ1) is 12.1. The zero-order valence-electron chi connectivity index (χ0n) is 9.67. The molecule has 0 spiro atoms. The van der Waals surface area contributed by atoms with Crippen LogP contribution in [0.25, 0.3) is 10.9 Å². The third-order valence-corrected chi connectivity index (χ3v) is 3.98. The Balaban J connectivity index is 2.17. The predicted molar refractivity (Wildman–Crippen MR) is 77.3 cm³/mol. The molecule has 0 aliphatic rings. The molecule has 19 heavy (non-hydrogen) atoms. The number of hydrogen-bond donors (Lipinski definition) is 0. The zero-order chi connectivity index (χ0) is 13.4. The first-order chi connectivity index (χ1) is 9.16. The van der Waals surface area contributed by atoms with Crippen molar-refractivity contribution >= 4 is 39.9 Å². The van der Waals surface area contributed by atoms with Crippen molar-refractivity contribution in [2.45, 2.75) is 0 Å². The maximum atomic E-state index is 12.4. The van der Waals surface area contributed by atoms with Crippen molar-refractivity contribution in [3.63, 3.8) is 0 Å². The molecule has 0 fully saturated rings. The Morgan fingerprint density at radius 3 is 2.47 bits per heavy atom. The van der Waals surface area contributed by atoms with E-state index in [1.165, 1.54) is 3.96 Å². The molecule has 3 rings (SSSR count). The summed E-state index contributed by atoms with van der Waals surface area (Å²) in [7, 11) is 0. The summed E-state index contributed by atoms with van der Waals surface area (Å²) in [6, 6.07) is 13.7. The van der Waals surface area contributed by atoms with Crippen molar-refractivity contribution in [2.24, 2.45) is 0 Å². The lowest BCUT2D eigenvalue weighted by Crippen LogP contribution is -2.08. The van der Waals surface area contributed by atoms with Crippen molar-refractivity contribution in [3.8, 4) is 0 Å². The molecule has 0 bridgehead atoms. The molecule has 0 radical (unpaired) electrons. The number of para-hydroxylation sites is 1. The fourth-order valence-electron chi connectivity index (χ4n) is 1.87. The second-order valence-electron chi connectivity index (χ2n) is 4.00. The molecule has 2 aromatic carbocycles. The number of fused-ring (bicyclic) bond motifs is 1. The minimum Gasteiger partial charge on any atom is -0.276 e. The Labute approximate surface area is 117 Å². The Morgan fingerprint density at radius 1 is 1.05 bits per heavy atom. The van der Waals surface area contributed by atoms with Crippen LogP contribution in [0.5, 0.6) is 0 Å². The third kappa shape index (κ3) is 2.09. The smallest absolute Gasteiger partial charge is 0.271 e. The van der Waals surface area contributed by atoms with Crippen LogP contribution < -0.4 is 4.74 Å². The summed E-state index contributed by atoms with van der Waals surface area (Å²) in [4.78, 5) is 24.2. The van der Waals surface area contributed by atoms with E-state index in [-0.39, 0.29) is 10.6 Å². The fraction of sp³-hybridized carbons (Fsp3) is 0. The standard InChI is InChI=1S/C14H8ClNO2S/c15-10-7-5-9(6-8-10)13(17)16-12-4-2-1-3-11(12)14(18)19-16/h1-8H. The van der Waals surface area contributed by atoms with Gasteiger partial charge in [0, 0.05) is 10.6 Å². The largest absolute Gasteiger partial charge is 0.276 e. The maximum Gasteiger partial charge on any atom is 0.271 e. The van der Waals surface area contributed by atoms with Crippen molar-refractivity contribution < 1.29 is 4.79 Å². The molecule has 3 aromatic rings. The van der Waals surface area contributed by atoms with Gasteiger partial charge in [-0.3, -0.25) is 9.59 Å². The molecule has 0 N–H and O–H groups in total. The van der Waals surface area contributed by atoms with Gasteiger partial charge in [-0.25, -0.2) is 3.96 Å². The first-order valence-corrected chi connectivity index (χ1v) is 6.73. The van der Waals surface area contributed by atoms with Crippen LogP contribution in [0.3, 0.4) is 0 Å². The lowest BCUT2D eigenvalue weighted by Gasteiger charge is -2.02. The average molecular weight is 290 g/mol.